The summed E-state index contributed by atoms with van der Waals surface area (Å²) < 4.78 is 0. The Bertz CT molecular complexity index is 509. The molecule has 1 saturated heterocycles. The number of carbonyl (C=O) groups excluding carboxylic acids is 1. The molecule has 1 aliphatic heterocycles. The Labute approximate surface area is 110 Å². The van der Waals surface area contributed by atoms with Crippen LogP contribution in [-0.2, 0) is 0 Å². The molecule has 2 N–H and O–H groups in total. The highest BCUT2D eigenvalue weighted by molar-refractivity contribution is 7.19. The molecule has 0 atom stereocenters. The van der Waals surface area contributed by atoms with Crippen LogP contribution in [0, 0.1) is 11.3 Å². The van der Waals surface area contributed by atoms with Gasteiger partial charge in [0.25, 0.3) is 5.91 Å². The number of nitrogen functional groups attached to an aromatic ring is 1. The van der Waals surface area contributed by atoms with Crippen LogP contribution in [0.15, 0.2) is 0 Å². The zero-order chi connectivity index (χ0) is 13.3. The van der Waals surface area contributed by atoms with E-state index in [0.717, 1.165) is 30.9 Å². The molecule has 0 aromatic carbocycles. The van der Waals surface area contributed by atoms with Gasteiger partial charge in [-0.3, -0.25) is 4.79 Å². The third kappa shape index (κ3) is 2.02. The number of rotatable bonds is 2. The first kappa shape index (κ1) is 12.7. The van der Waals surface area contributed by atoms with E-state index in [4.69, 9.17) is 5.73 Å². The Hall–Kier alpha value is -1.74. The molecule has 0 saturated carbocycles. The number of hydrogen-bond acceptors (Lipinski definition) is 5. The van der Waals surface area contributed by atoms with Gasteiger partial charge in [-0.15, -0.1) is 11.3 Å². The van der Waals surface area contributed by atoms with Gasteiger partial charge in [-0.25, -0.2) is 0 Å². The van der Waals surface area contributed by atoms with E-state index in [9.17, 15) is 10.1 Å². The quantitative estimate of drug-likeness (QED) is 0.878. The second-order valence-corrected chi connectivity index (χ2v) is 5.53. The Balaban J connectivity index is 2.45. The van der Waals surface area contributed by atoms with E-state index in [1.807, 2.05) is 0 Å². The number of hydrogen-bond donors (Lipinski definition) is 1. The minimum Gasteiger partial charge on any atom is -0.396 e. The lowest BCUT2D eigenvalue weighted by Gasteiger charge is -2.15. The first-order valence-electron chi connectivity index (χ1n) is 5.85. The van der Waals surface area contributed by atoms with Crippen LogP contribution in [-0.4, -0.2) is 38.0 Å². The van der Waals surface area contributed by atoms with E-state index in [0.29, 0.717) is 16.1 Å². The minimum absolute atomic E-state index is 0.139. The lowest BCUT2D eigenvalue weighted by atomic mass is 10.2. The molecule has 0 spiro atoms. The van der Waals surface area contributed by atoms with E-state index in [-0.39, 0.29) is 5.91 Å². The second-order valence-electron chi connectivity index (χ2n) is 4.53. The molecule has 0 aliphatic carbocycles. The van der Waals surface area contributed by atoms with Crippen LogP contribution in [0.5, 0.6) is 0 Å². The van der Waals surface area contributed by atoms with Crippen LogP contribution < -0.4 is 10.6 Å². The third-order valence-corrected chi connectivity index (χ3v) is 4.29. The number of carbonyl (C=O) groups is 1. The highest BCUT2D eigenvalue weighted by Crippen LogP contribution is 2.39. The van der Waals surface area contributed by atoms with Gasteiger partial charge in [-0.2, -0.15) is 5.26 Å². The standard InChI is InChI=1S/C12H16N4OS/c1-15(2)11(17)10-9(14)8(7-13)12(18-10)16-5-3-4-6-16/h3-6,14H2,1-2H3. The minimum atomic E-state index is -0.139. The summed E-state index contributed by atoms with van der Waals surface area (Å²) in [6.45, 7) is 1.87. The molecule has 2 heterocycles. The van der Waals surface area contributed by atoms with Crippen molar-refractivity contribution < 1.29 is 4.79 Å². The van der Waals surface area contributed by atoms with Crippen LogP contribution in [0.4, 0.5) is 10.7 Å². The van der Waals surface area contributed by atoms with E-state index in [1.54, 1.807) is 14.1 Å². The van der Waals surface area contributed by atoms with Gasteiger partial charge in [0, 0.05) is 27.2 Å². The van der Waals surface area contributed by atoms with Gasteiger partial charge in [0.2, 0.25) is 0 Å². The predicted octanol–water partition coefficient (Wildman–Crippen LogP) is 1.50. The summed E-state index contributed by atoms with van der Waals surface area (Å²) in [5.41, 5.74) is 6.71. The smallest absolute Gasteiger partial charge is 0.265 e. The Morgan fingerprint density at radius 1 is 1.44 bits per heavy atom. The van der Waals surface area contributed by atoms with Crippen molar-refractivity contribution in [3.05, 3.63) is 10.4 Å². The fourth-order valence-electron chi connectivity index (χ4n) is 2.04. The largest absolute Gasteiger partial charge is 0.396 e. The van der Waals surface area contributed by atoms with Crippen molar-refractivity contribution in [2.75, 3.05) is 37.8 Å². The molecule has 1 fully saturated rings. The maximum atomic E-state index is 12.0. The lowest BCUT2D eigenvalue weighted by molar-refractivity contribution is 0.0833. The molecule has 0 bridgehead atoms. The average molecular weight is 264 g/mol. The molecule has 1 aromatic rings. The number of anilines is 2. The van der Waals surface area contributed by atoms with Crippen molar-refractivity contribution in [2.24, 2.45) is 0 Å². The van der Waals surface area contributed by atoms with Crippen LogP contribution >= 0.6 is 11.3 Å². The van der Waals surface area contributed by atoms with Gasteiger partial charge in [0.05, 0.1) is 5.69 Å². The van der Waals surface area contributed by atoms with Crippen LogP contribution in [0.1, 0.15) is 28.1 Å². The summed E-state index contributed by atoms with van der Waals surface area (Å²) in [5, 5.41) is 10.1. The first-order chi connectivity index (χ1) is 8.56. The normalized spacial score (nSPS) is 14.6. The fraction of sp³-hybridized carbons (Fsp3) is 0.500. The second kappa shape index (κ2) is 4.86. The van der Waals surface area contributed by atoms with Gasteiger partial charge < -0.3 is 15.5 Å². The van der Waals surface area contributed by atoms with Crippen molar-refractivity contribution in [3.8, 4) is 6.07 Å². The molecule has 1 amide bonds. The first-order valence-corrected chi connectivity index (χ1v) is 6.67. The number of nitrogens with two attached hydrogens (primary N) is 1. The highest BCUT2D eigenvalue weighted by atomic mass is 32.1. The van der Waals surface area contributed by atoms with Gasteiger partial charge in [0.1, 0.15) is 21.5 Å². The maximum Gasteiger partial charge on any atom is 0.265 e. The van der Waals surface area contributed by atoms with Crippen LogP contribution in [0.25, 0.3) is 0 Å². The lowest BCUT2D eigenvalue weighted by Crippen LogP contribution is -2.21. The molecule has 1 aromatic heterocycles. The zero-order valence-corrected chi connectivity index (χ0v) is 11.4. The van der Waals surface area contributed by atoms with E-state index in [1.165, 1.54) is 16.2 Å². The van der Waals surface area contributed by atoms with Gasteiger partial charge >= 0.3 is 0 Å². The molecule has 0 unspecified atom stereocenters. The van der Waals surface area contributed by atoms with Crippen molar-refractivity contribution in [1.29, 1.82) is 5.26 Å². The Kier molecular flexibility index (Phi) is 3.43. The molecular weight excluding hydrogens is 248 g/mol. The Morgan fingerprint density at radius 3 is 2.56 bits per heavy atom. The van der Waals surface area contributed by atoms with E-state index >= 15 is 0 Å². The summed E-state index contributed by atoms with van der Waals surface area (Å²) in [5.74, 6) is -0.139. The number of amides is 1. The number of thiophene rings is 1. The van der Waals surface area contributed by atoms with Gasteiger partial charge in [-0.1, -0.05) is 0 Å². The Morgan fingerprint density at radius 2 is 2.06 bits per heavy atom. The number of nitrogens with zero attached hydrogens (tertiary/aromatic N) is 3. The topological polar surface area (TPSA) is 73.4 Å². The van der Waals surface area contributed by atoms with Gasteiger partial charge in [0.15, 0.2) is 0 Å². The molecule has 18 heavy (non-hydrogen) atoms. The van der Waals surface area contributed by atoms with Crippen molar-refractivity contribution >= 4 is 27.9 Å². The molecule has 0 radical (unpaired) electrons. The summed E-state index contributed by atoms with van der Waals surface area (Å²) in [6, 6.07) is 2.13. The summed E-state index contributed by atoms with van der Waals surface area (Å²) in [4.78, 5) is 16.1. The third-order valence-electron chi connectivity index (χ3n) is 3.03. The average Bonchev–Trinajstić information content (AvgIpc) is 2.94. The van der Waals surface area contributed by atoms with E-state index in [2.05, 4.69) is 11.0 Å². The van der Waals surface area contributed by atoms with Crippen LogP contribution in [0.3, 0.4) is 0 Å². The molecule has 5 nitrogen and oxygen atoms in total. The molecule has 2 rings (SSSR count). The zero-order valence-electron chi connectivity index (χ0n) is 10.6. The maximum absolute atomic E-state index is 12.0. The van der Waals surface area contributed by atoms with E-state index < -0.39 is 0 Å². The molecule has 96 valence electrons. The van der Waals surface area contributed by atoms with Crippen molar-refractivity contribution in [2.45, 2.75) is 12.8 Å². The molecule has 1 aliphatic rings. The molecule has 6 heteroatoms. The van der Waals surface area contributed by atoms with Crippen LogP contribution in [0.2, 0.25) is 0 Å². The SMILES string of the molecule is CN(C)C(=O)c1sc(N2CCCC2)c(C#N)c1N. The predicted molar refractivity (Wildman–Crippen MR) is 72.9 cm³/mol. The van der Waals surface area contributed by atoms with Crippen molar-refractivity contribution in [1.82, 2.24) is 4.90 Å². The summed E-state index contributed by atoms with van der Waals surface area (Å²) >= 11 is 1.33. The number of nitriles is 1. The van der Waals surface area contributed by atoms with Gasteiger partial charge in [-0.05, 0) is 12.8 Å². The summed E-state index contributed by atoms with van der Waals surface area (Å²) in [6.07, 6.45) is 2.25. The fourth-order valence-corrected chi connectivity index (χ4v) is 3.29. The van der Waals surface area contributed by atoms with Crippen molar-refractivity contribution in [3.63, 3.8) is 0 Å². The highest BCUT2D eigenvalue weighted by Gasteiger charge is 2.26. The molecular formula is C12H16N4OS. The summed E-state index contributed by atoms with van der Waals surface area (Å²) in [7, 11) is 3.37. The monoisotopic (exact) mass is 264 g/mol.